The van der Waals surface area contributed by atoms with E-state index in [1.807, 2.05) is 19.9 Å². The fourth-order valence-electron chi connectivity index (χ4n) is 3.99. The second kappa shape index (κ2) is 9.89. The lowest BCUT2D eigenvalue weighted by molar-refractivity contribution is -0.137. The minimum Gasteiger partial charge on any atom is -0.493 e. The van der Waals surface area contributed by atoms with Crippen LogP contribution in [0.2, 0.25) is 0 Å². The van der Waals surface area contributed by atoms with Crippen LogP contribution < -0.4 is 10.1 Å². The molecule has 186 valence electrons. The molecule has 4 rings (SSSR count). The Bertz CT molecular complexity index is 1430. The molecule has 0 aliphatic heterocycles. The molecule has 0 aliphatic rings. The Balaban J connectivity index is 1.70. The molecule has 4 aromatic rings. The predicted octanol–water partition coefficient (Wildman–Crippen LogP) is 8.01. The Morgan fingerprint density at radius 1 is 1.08 bits per heavy atom. The molecule has 1 aromatic heterocycles. The Morgan fingerprint density at radius 3 is 2.36 bits per heavy atom. The van der Waals surface area contributed by atoms with Gasteiger partial charge in [0.2, 0.25) is 5.91 Å². The zero-order valence-corrected chi connectivity index (χ0v) is 19.8. The van der Waals surface area contributed by atoms with Crippen LogP contribution in [0.3, 0.4) is 0 Å². The highest BCUT2D eigenvalue weighted by Crippen LogP contribution is 2.41. The van der Waals surface area contributed by atoms with Gasteiger partial charge < -0.3 is 14.5 Å². The maximum atomic E-state index is 13.4. The molecule has 8 heteroatoms. The van der Waals surface area contributed by atoms with Crippen LogP contribution in [-0.2, 0) is 11.0 Å². The van der Waals surface area contributed by atoms with Crippen molar-refractivity contribution in [2.75, 3.05) is 11.9 Å². The number of furan rings is 1. The lowest BCUT2D eigenvalue weighted by Gasteiger charge is -2.15. The lowest BCUT2D eigenvalue weighted by Crippen LogP contribution is -2.10. The van der Waals surface area contributed by atoms with Crippen molar-refractivity contribution in [1.82, 2.24) is 0 Å². The Labute approximate surface area is 205 Å². The van der Waals surface area contributed by atoms with Crippen LogP contribution in [0.1, 0.15) is 30.5 Å². The van der Waals surface area contributed by atoms with Gasteiger partial charge in [0, 0.05) is 33.8 Å². The molecule has 0 fully saturated rings. The molecule has 36 heavy (non-hydrogen) atoms. The average molecular weight is 497 g/mol. The summed E-state index contributed by atoms with van der Waals surface area (Å²) in [6.07, 6.45) is -1.50. The number of fused-ring (bicyclic) bond motifs is 1. The molecular weight excluding hydrogens is 474 g/mol. The first-order valence-corrected chi connectivity index (χ1v) is 11.2. The number of aryl methyl sites for hydroxylation is 1. The van der Waals surface area contributed by atoms with Crippen LogP contribution >= 0.6 is 0 Å². The van der Waals surface area contributed by atoms with Crippen LogP contribution in [0, 0.1) is 12.7 Å². The molecular formula is C28H23F4NO3. The topological polar surface area (TPSA) is 51.5 Å². The molecule has 1 heterocycles. The average Bonchev–Trinajstić information content (AvgIpc) is 3.25. The monoisotopic (exact) mass is 497 g/mol. The summed E-state index contributed by atoms with van der Waals surface area (Å²) in [5, 5.41) is 3.36. The molecule has 0 saturated heterocycles. The van der Waals surface area contributed by atoms with Gasteiger partial charge in [0.25, 0.3) is 0 Å². The lowest BCUT2D eigenvalue weighted by atomic mass is 9.96. The zero-order valence-electron chi connectivity index (χ0n) is 19.8. The number of halogens is 4. The van der Waals surface area contributed by atoms with E-state index in [0.717, 1.165) is 34.2 Å². The maximum Gasteiger partial charge on any atom is 0.416 e. The minimum absolute atomic E-state index is 0.238. The Kier molecular flexibility index (Phi) is 6.88. The fourth-order valence-corrected chi connectivity index (χ4v) is 3.99. The van der Waals surface area contributed by atoms with Crippen LogP contribution in [0.5, 0.6) is 5.75 Å². The van der Waals surface area contributed by atoms with Crippen LogP contribution in [0.4, 0.5) is 23.2 Å². The second-order valence-electron chi connectivity index (χ2n) is 8.24. The first-order valence-electron chi connectivity index (χ1n) is 11.2. The van der Waals surface area contributed by atoms with Gasteiger partial charge in [-0.25, -0.2) is 4.39 Å². The molecule has 4 nitrogen and oxygen atoms in total. The van der Waals surface area contributed by atoms with Crippen LogP contribution in [0.25, 0.3) is 27.7 Å². The van der Waals surface area contributed by atoms with Gasteiger partial charge in [0.1, 0.15) is 17.1 Å². The molecule has 0 saturated carbocycles. The molecule has 0 spiro atoms. The molecule has 3 aromatic carbocycles. The number of nitrogens with one attached hydrogen (secondary N) is 1. The summed E-state index contributed by atoms with van der Waals surface area (Å²) >= 11 is 0. The van der Waals surface area contributed by atoms with Gasteiger partial charge >= 0.3 is 6.18 Å². The van der Waals surface area contributed by atoms with E-state index in [1.54, 1.807) is 25.3 Å². The summed E-state index contributed by atoms with van der Waals surface area (Å²) in [6.45, 7) is 5.82. The van der Waals surface area contributed by atoms with Crippen molar-refractivity contribution in [2.24, 2.45) is 0 Å². The van der Waals surface area contributed by atoms with Crippen LogP contribution in [0.15, 0.2) is 71.4 Å². The summed E-state index contributed by atoms with van der Waals surface area (Å²) in [5.74, 6) is -0.292. The molecule has 0 aliphatic carbocycles. The highest BCUT2D eigenvalue weighted by Gasteiger charge is 2.30. The van der Waals surface area contributed by atoms with Crippen molar-refractivity contribution in [3.63, 3.8) is 0 Å². The summed E-state index contributed by atoms with van der Waals surface area (Å²) in [4.78, 5) is 12.7. The fraction of sp³-hybridized carbons (Fsp3) is 0.179. The number of carbonyl (C=O) groups is 1. The van der Waals surface area contributed by atoms with Crippen molar-refractivity contribution < 1.29 is 31.5 Å². The SMILES string of the molecule is CCOc1c(/C(C)=C/C(=O)Nc2ccc(C(F)(F)F)cc2)cc2c(-c3ccc(F)cc3)coc2c1C. The van der Waals surface area contributed by atoms with Gasteiger partial charge in [0.05, 0.1) is 18.4 Å². The maximum absolute atomic E-state index is 13.4. The quantitative estimate of drug-likeness (QED) is 0.217. The second-order valence-corrected chi connectivity index (χ2v) is 8.24. The van der Waals surface area contributed by atoms with E-state index < -0.39 is 17.6 Å². The molecule has 0 radical (unpaired) electrons. The Morgan fingerprint density at radius 2 is 1.75 bits per heavy atom. The third kappa shape index (κ3) is 5.12. The molecule has 1 N–H and O–H groups in total. The van der Waals surface area contributed by atoms with Gasteiger partial charge in [-0.05, 0) is 74.4 Å². The number of hydrogen-bond donors (Lipinski definition) is 1. The van der Waals surface area contributed by atoms with E-state index >= 15 is 0 Å². The number of carbonyl (C=O) groups excluding carboxylic acids is 1. The van der Waals surface area contributed by atoms with Crippen LogP contribution in [-0.4, -0.2) is 12.5 Å². The van der Waals surface area contributed by atoms with Gasteiger partial charge in [-0.15, -0.1) is 0 Å². The summed E-state index contributed by atoms with van der Waals surface area (Å²) < 4.78 is 63.5. The van der Waals surface area contributed by atoms with E-state index in [1.165, 1.54) is 30.3 Å². The number of amides is 1. The minimum atomic E-state index is -4.45. The van der Waals surface area contributed by atoms with Gasteiger partial charge in [0.15, 0.2) is 0 Å². The number of alkyl halides is 3. The van der Waals surface area contributed by atoms with Gasteiger partial charge in [-0.1, -0.05) is 12.1 Å². The third-order valence-electron chi connectivity index (χ3n) is 5.74. The molecule has 0 atom stereocenters. The van der Waals surface area contributed by atoms with E-state index in [0.29, 0.717) is 29.1 Å². The van der Waals surface area contributed by atoms with Crippen molar-refractivity contribution in [1.29, 1.82) is 0 Å². The smallest absolute Gasteiger partial charge is 0.416 e. The van der Waals surface area contributed by atoms with Crippen molar-refractivity contribution in [2.45, 2.75) is 26.9 Å². The van der Waals surface area contributed by atoms with Crippen molar-refractivity contribution in [3.8, 4) is 16.9 Å². The highest BCUT2D eigenvalue weighted by molar-refractivity contribution is 6.06. The summed E-state index contributed by atoms with van der Waals surface area (Å²) in [7, 11) is 0. The van der Waals surface area contributed by atoms with E-state index in [9.17, 15) is 22.4 Å². The molecule has 0 unspecified atom stereocenters. The number of benzene rings is 3. The van der Waals surface area contributed by atoms with Crippen molar-refractivity contribution >= 4 is 28.1 Å². The number of allylic oxidation sites excluding steroid dienone is 1. The Hall–Kier alpha value is -4.07. The first-order chi connectivity index (χ1) is 17.1. The number of ether oxygens (including phenoxy) is 1. The standard InChI is InChI=1S/C28H23F4NO3/c1-4-35-26-17(3)27-23(24(15-36-27)18-5-9-20(29)10-6-18)14-22(26)16(2)13-25(34)33-21-11-7-19(8-12-21)28(30,31)32/h5-15H,4H2,1-3H3,(H,33,34)/b16-13+. The van der Waals surface area contributed by atoms with Gasteiger partial charge in [-0.3, -0.25) is 4.79 Å². The van der Waals surface area contributed by atoms with E-state index in [2.05, 4.69) is 5.32 Å². The molecule has 0 bridgehead atoms. The predicted molar refractivity (Wildman–Crippen MR) is 131 cm³/mol. The number of anilines is 1. The van der Waals surface area contributed by atoms with Crippen molar-refractivity contribution in [3.05, 3.63) is 89.4 Å². The first kappa shape index (κ1) is 25.0. The normalized spacial score (nSPS) is 12.1. The number of rotatable bonds is 6. The molecule has 1 amide bonds. The van der Waals surface area contributed by atoms with E-state index in [4.69, 9.17) is 9.15 Å². The van der Waals surface area contributed by atoms with E-state index in [-0.39, 0.29) is 11.5 Å². The zero-order chi connectivity index (χ0) is 26.0. The largest absolute Gasteiger partial charge is 0.493 e. The summed E-state index contributed by atoms with van der Waals surface area (Å²) in [5.41, 5.74) is 3.58. The number of hydrogen-bond acceptors (Lipinski definition) is 3. The van der Waals surface area contributed by atoms with Gasteiger partial charge in [-0.2, -0.15) is 13.2 Å². The highest BCUT2D eigenvalue weighted by atomic mass is 19.4. The third-order valence-corrected chi connectivity index (χ3v) is 5.74. The summed E-state index contributed by atoms with van der Waals surface area (Å²) in [6, 6.07) is 12.1.